The van der Waals surface area contributed by atoms with E-state index in [-0.39, 0.29) is 17.7 Å². The van der Waals surface area contributed by atoms with Crippen LogP contribution in [0.25, 0.3) is 0 Å². The molecular formula is C19H22ClN3OS. The molecule has 2 atom stereocenters. The Bertz CT molecular complexity index is 757. The van der Waals surface area contributed by atoms with Gasteiger partial charge in [-0.2, -0.15) is 0 Å². The molecule has 1 saturated carbocycles. The zero-order valence-electron chi connectivity index (χ0n) is 14.1. The number of likely N-dealkylation sites (tertiary alicyclic amines) is 1. The monoisotopic (exact) mass is 375 g/mol. The summed E-state index contributed by atoms with van der Waals surface area (Å²) < 4.78 is 0. The number of carbonyl (C=O) groups excluding carboxylic acids is 1. The molecule has 1 aromatic heterocycles. The zero-order chi connectivity index (χ0) is 17.2. The molecule has 132 valence electrons. The first-order valence-corrected chi connectivity index (χ1v) is 10.2. The fraction of sp³-hybridized carbons (Fsp3) is 0.474. The summed E-state index contributed by atoms with van der Waals surface area (Å²) in [4.78, 5) is 19.5. The summed E-state index contributed by atoms with van der Waals surface area (Å²) in [6.07, 6.45) is 4.75. The van der Waals surface area contributed by atoms with Gasteiger partial charge in [-0.15, -0.1) is 11.3 Å². The molecule has 1 aliphatic carbocycles. The molecule has 1 aliphatic heterocycles. The van der Waals surface area contributed by atoms with Crippen LogP contribution < -0.4 is 5.32 Å². The van der Waals surface area contributed by atoms with Gasteiger partial charge in [0.25, 0.3) is 0 Å². The number of halogens is 1. The maximum absolute atomic E-state index is 12.5. The Morgan fingerprint density at radius 3 is 2.88 bits per heavy atom. The van der Waals surface area contributed by atoms with Gasteiger partial charge in [0.1, 0.15) is 0 Å². The average Bonchev–Trinajstić information content (AvgIpc) is 3.31. The molecule has 0 radical (unpaired) electrons. The van der Waals surface area contributed by atoms with E-state index in [1.807, 2.05) is 24.3 Å². The molecular weight excluding hydrogens is 354 g/mol. The van der Waals surface area contributed by atoms with Gasteiger partial charge in [-0.05, 0) is 49.9 Å². The summed E-state index contributed by atoms with van der Waals surface area (Å²) >= 11 is 7.75. The number of aromatic nitrogens is 1. The molecule has 1 amide bonds. The van der Waals surface area contributed by atoms with Crippen LogP contribution in [0.4, 0.5) is 5.13 Å². The van der Waals surface area contributed by atoms with Crippen molar-refractivity contribution in [3.8, 4) is 0 Å². The van der Waals surface area contributed by atoms with E-state index in [1.165, 1.54) is 30.6 Å². The van der Waals surface area contributed by atoms with E-state index in [0.29, 0.717) is 5.13 Å². The first kappa shape index (κ1) is 17.0. The predicted molar refractivity (Wildman–Crippen MR) is 102 cm³/mol. The molecule has 1 N–H and O–H groups in total. The van der Waals surface area contributed by atoms with E-state index in [2.05, 4.69) is 20.6 Å². The Morgan fingerprint density at radius 2 is 2.08 bits per heavy atom. The van der Waals surface area contributed by atoms with Crippen LogP contribution in [0.5, 0.6) is 0 Å². The second-order valence-corrected chi connectivity index (χ2v) is 8.21. The highest BCUT2D eigenvalue weighted by Crippen LogP contribution is 2.50. The Hall–Kier alpha value is -1.43. The van der Waals surface area contributed by atoms with Crippen LogP contribution in [0.15, 0.2) is 29.6 Å². The van der Waals surface area contributed by atoms with Crippen molar-refractivity contribution in [1.29, 1.82) is 0 Å². The number of piperidine rings is 1. The van der Waals surface area contributed by atoms with Crippen molar-refractivity contribution in [2.75, 3.05) is 18.4 Å². The highest BCUT2D eigenvalue weighted by Gasteiger charge is 2.45. The first-order valence-electron chi connectivity index (χ1n) is 8.93. The number of rotatable bonds is 5. The minimum Gasteiger partial charge on any atom is -0.302 e. The van der Waals surface area contributed by atoms with Crippen molar-refractivity contribution >= 4 is 34.0 Å². The lowest BCUT2D eigenvalue weighted by molar-refractivity contribution is -0.117. The predicted octanol–water partition coefficient (Wildman–Crippen LogP) is 4.52. The Labute approximate surface area is 157 Å². The average molecular weight is 376 g/mol. The fourth-order valence-electron chi connectivity index (χ4n) is 3.59. The Kier molecular flexibility index (Phi) is 5.06. The second-order valence-electron chi connectivity index (χ2n) is 6.94. The normalized spacial score (nSPS) is 23.4. The van der Waals surface area contributed by atoms with E-state index in [0.717, 1.165) is 42.3 Å². The molecule has 2 unspecified atom stereocenters. The molecule has 2 aliphatic rings. The standard InChI is InChI=1S/C19H22ClN3OS/c20-17-7-3-2-6-14(17)15-10-16(15)18(24)22-19-21-13(12-25-19)11-23-8-4-1-5-9-23/h2-3,6-7,12,15-16H,1,4-5,8-11H2,(H,21,22,24). The fourth-order valence-corrected chi connectivity index (χ4v) is 4.57. The first-order chi connectivity index (χ1) is 12.2. The number of benzene rings is 1. The van der Waals surface area contributed by atoms with Gasteiger partial charge in [0.05, 0.1) is 5.69 Å². The summed E-state index contributed by atoms with van der Waals surface area (Å²) in [6.45, 7) is 3.19. The summed E-state index contributed by atoms with van der Waals surface area (Å²) in [5, 5.41) is 6.51. The largest absolute Gasteiger partial charge is 0.302 e. The summed E-state index contributed by atoms with van der Waals surface area (Å²) in [6, 6.07) is 7.79. The number of nitrogens with zero attached hydrogens (tertiary/aromatic N) is 2. The number of anilines is 1. The minimum atomic E-state index is 0.00865. The molecule has 4 rings (SSSR count). The number of nitrogens with one attached hydrogen (secondary N) is 1. The van der Waals surface area contributed by atoms with Crippen molar-refractivity contribution in [2.45, 2.75) is 38.1 Å². The van der Waals surface area contributed by atoms with Crippen molar-refractivity contribution < 1.29 is 4.79 Å². The third-order valence-electron chi connectivity index (χ3n) is 5.05. The van der Waals surface area contributed by atoms with Crippen LogP contribution in [0.1, 0.15) is 42.9 Å². The molecule has 2 aromatic rings. The number of thiazole rings is 1. The van der Waals surface area contributed by atoms with Crippen molar-refractivity contribution in [3.05, 3.63) is 45.9 Å². The van der Waals surface area contributed by atoms with Gasteiger partial charge in [-0.3, -0.25) is 9.69 Å². The number of amides is 1. The Morgan fingerprint density at radius 1 is 1.28 bits per heavy atom. The zero-order valence-corrected chi connectivity index (χ0v) is 15.7. The number of carbonyl (C=O) groups is 1. The van der Waals surface area contributed by atoms with Gasteiger partial charge in [0.15, 0.2) is 5.13 Å². The van der Waals surface area contributed by atoms with E-state index in [4.69, 9.17) is 11.6 Å². The highest BCUT2D eigenvalue weighted by molar-refractivity contribution is 7.13. The van der Waals surface area contributed by atoms with E-state index < -0.39 is 0 Å². The maximum atomic E-state index is 12.5. The van der Waals surface area contributed by atoms with Crippen LogP contribution in [-0.2, 0) is 11.3 Å². The Balaban J connectivity index is 1.32. The van der Waals surface area contributed by atoms with Crippen molar-refractivity contribution in [1.82, 2.24) is 9.88 Å². The summed E-state index contributed by atoms with van der Waals surface area (Å²) in [5.74, 6) is 0.305. The minimum absolute atomic E-state index is 0.00865. The molecule has 1 aromatic carbocycles. The van der Waals surface area contributed by atoms with E-state index >= 15 is 0 Å². The third kappa shape index (κ3) is 4.05. The molecule has 25 heavy (non-hydrogen) atoms. The van der Waals surface area contributed by atoms with Gasteiger partial charge in [0, 0.05) is 22.9 Å². The van der Waals surface area contributed by atoms with E-state index in [9.17, 15) is 4.79 Å². The smallest absolute Gasteiger partial charge is 0.229 e. The number of hydrogen-bond acceptors (Lipinski definition) is 4. The molecule has 2 fully saturated rings. The lowest BCUT2D eigenvalue weighted by atomic mass is 10.1. The quantitative estimate of drug-likeness (QED) is 0.835. The van der Waals surface area contributed by atoms with Crippen molar-refractivity contribution in [2.24, 2.45) is 5.92 Å². The lowest BCUT2D eigenvalue weighted by Gasteiger charge is -2.25. The summed E-state index contributed by atoms with van der Waals surface area (Å²) in [5.41, 5.74) is 2.13. The van der Waals surface area contributed by atoms with Crippen LogP contribution in [-0.4, -0.2) is 28.9 Å². The topological polar surface area (TPSA) is 45.2 Å². The molecule has 2 heterocycles. The summed E-state index contributed by atoms with van der Waals surface area (Å²) in [7, 11) is 0. The van der Waals surface area contributed by atoms with E-state index in [1.54, 1.807) is 0 Å². The van der Waals surface area contributed by atoms with Crippen LogP contribution in [0, 0.1) is 5.92 Å². The molecule has 0 spiro atoms. The van der Waals surface area contributed by atoms with Crippen LogP contribution >= 0.6 is 22.9 Å². The van der Waals surface area contributed by atoms with Gasteiger partial charge >= 0.3 is 0 Å². The van der Waals surface area contributed by atoms with Gasteiger partial charge in [-0.25, -0.2) is 4.98 Å². The SMILES string of the molecule is O=C(Nc1nc(CN2CCCCC2)cs1)C1CC1c1ccccc1Cl. The molecule has 4 nitrogen and oxygen atoms in total. The second kappa shape index (κ2) is 7.44. The lowest BCUT2D eigenvalue weighted by Crippen LogP contribution is -2.29. The molecule has 1 saturated heterocycles. The van der Waals surface area contributed by atoms with Crippen LogP contribution in [0.3, 0.4) is 0 Å². The van der Waals surface area contributed by atoms with Gasteiger partial charge < -0.3 is 5.32 Å². The van der Waals surface area contributed by atoms with Crippen LogP contribution in [0.2, 0.25) is 5.02 Å². The highest BCUT2D eigenvalue weighted by atomic mass is 35.5. The van der Waals surface area contributed by atoms with Gasteiger partial charge in [0.2, 0.25) is 5.91 Å². The number of hydrogen-bond donors (Lipinski definition) is 1. The maximum Gasteiger partial charge on any atom is 0.229 e. The third-order valence-corrected chi connectivity index (χ3v) is 6.20. The molecule has 0 bridgehead atoms. The molecule has 6 heteroatoms. The van der Waals surface area contributed by atoms with Gasteiger partial charge in [-0.1, -0.05) is 36.2 Å². The van der Waals surface area contributed by atoms with Crippen molar-refractivity contribution in [3.63, 3.8) is 0 Å².